The van der Waals surface area contributed by atoms with Crippen molar-refractivity contribution in [1.82, 2.24) is 0 Å². The minimum Gasteiger partial charge on any atom is -0.486 e. The molecule has 4 nitrogen and oxygen atoms in total. The van der Waals surface area contributed by atoms with E-state index in [0.29, 0.717) is 23.3 Å². The number of carbonyl (C=O) groups is 2. The van der Waals surface area contributed by atoms with Crippen LogP contribution in [0.1, 0.15) is 91.4 Å². The fourth-order valence-corrected chi connectivity index (χ4v) is 4.58. The molecule has 8 heteroatoms. The van der Waals surface area contributed by atoms with Crippen LogP contribution >= 0.6 is 0 Å². The molecule has 1 unspecified atom stereocenters. The van der Waals surface area contributed by atoms with Crippen molar-refractivity contribution in [2.45, 2.75) is 77.5 Å². The van der Waals surface area contributed by atoms with Gasteiger partial charge in [0.2, 0.25) is 0 Å². The first-order valence-corrected chi connectivity index (χ1v) is 13.5. The lowest BCUT2D eigenvalue weighted by Gasteiger charge is -2.21. The van der Waals surface area contributed by atoms with E-state index in [2.05, 4.69) is 6.92 Å². The molecule has 0 bridgehead atoms. The number of benzene rings is 3. The Morgan fingerprint density at radius 3 is 2.23 bits per heavy atom. The summed E-state index contributed by atoms with van der Waals surface area (Å²) in [5.41, 5.74) is 2.00. The van der Waals surface area contributed by atoms with Crippen LogP contribution in [0.3, 0.4) is 0 Å². The molecule has 0 aromatic heterocycles. The molecule has 1 N–H and O–H groups in total. The second-order valence-electron chi connectivity index (χ2n) is 9.91. The summed E-state index contributed by atoms with van der Waals surface area (Å²) < 4.78 is 60.3. The van der Waals surface area contributed by atoms with E-state index in [0.717, 1.165) is 48.9 Å². The van der Waals surface area contributed by atoms with Gasteiger partial charge in [0, 0.05) is 24.0 Å². The first-order valence-electron chi connectivity index (χ1n) is 13.5. The number of aryl methyl sites for hydroxylation is 1. The number of carbonyl (C=O) groups excluding carboxylic acids is 1. The number of halogens is 4. The zero-order chi connectivity index (χ0) is 29.3. The number of hydrogen-bond acceptors (Lipinski definition) is 3. The van der Waals surface area contributed by atoms with Gasteiger partial charge in [0.1, 0.15) is 17.7 Å². The monoisotopic (exact) mass is 558 g/mol. The van der Waals surface area contributed by atoms with Gasteiger partial charge in [-0.2, -0.15) is 13.2 Å². The average molecular weight is 559 g/mol. The van der Waals surface area contributed by atoms with Gasteiger partial charge >= 0.3 is 12.1 Å². The lowest BCUT2D eigenvalue weighted by Crippen LogP contribution is -2.11. The van der Waals surface area contributed by atoms with Crippen molar-refractivity contribution in [3.63, 3.8) is 0 Å². The molecule has 214 valence electrons. The second kappa shape index (κ2) is 14.1. The van der Waals surface area contributed by atoms with Crippen LogP contribution in [-0.2, 0) is 11.0 Å². The van der Waals surface area contributed by atoms with E-state index in [1.807, 2.05) is 6.92 Å². The normalized spacial score (nSPS) is 12.2. The van der Waals surface area contributed by atoms with E-state index in [1.54, 1.807) is 30.3 Å². The molecular weight excluding hydrogens is 524 g/mol. The van der Waals surface area contributed by atoms with Crippen molar-refractivity contribution in [3.8, 4) is 16.9 Å². The highest BCUT2D eigenvalue weighted by molar-refractivity contribution is 5.96. The quantitative estimate of drug-likeness (QED) is 0.122. The van der Waals surface area contributed by atoms with Crippen molar-refractivity contribution in [2.75, 3.05) is 0 Å². The Labute approximate surface area is 232 Å². The summed E-state index contributed by atoms with van der Waals surface area (Å²) in [4.78, 5) is 23.1. The van der Waals surface area contributed by atoms with E-state index in [1.165, 1.54) is 18.2 Å². The van der Waals surface area contributed by atoms with Crippen molar-refractivity contribution in [2.24, 2.45) is 0 Å². The Bertz CT molecular complexity index is 1300. The van der Waals surface area contributed by atoms with Gasteiger partial charge < -0.3 is 9.84 Å². The summed E-state index contributed by atoms with van der Waals surface area (Å²) in [7, 11) is 0. The van der Waals surface area contributed by atoms with Crippen LogP contribution in [-0.4, -0.2) is 16.9 Å². The molecular formula is C32H34F4O4. The number of rotatable bonds is 14. The van der Waals surface area contributed by atoms with Gasteiger partial charge in [-0.1, -0.05) is 56.5 Å². The predicted molar refractivity (Wildman–Crippen MR) is 146 cm³/mol. The molecule has 0 radical (unpaired) electrons. The summed E-state index contributed by atoms with van der Waals surface area (Å²) in [6, 6.07) is 14.5. The van der Waals surface area contributed by atoms with Crippen molar-refractivity contribution >= 4 is 11.8 Å². The van der Waals surface area contributed by atoms with Gasteiger partial charge in [0.15, 0.2) is 5.78 Å². The lowest BCUT2D eigenvalue weighted by molar-refractivity contribution is -0.138. The second-order valence-corrected chi connectivity index (χ2v) is 9.91. The van der Waals surface area contributed by atoms with Gasteiger partial charge in [-0.05, 0) is 73.2 Å². The topological polar surface area (TPSA) is 63.6 Å². The summed E-state index contributed by atoms with van der Waals surface area (Å²) in [5.74, 6) is -1.37. The minimum atomic E-state index is -4.40. The number of unbranched alkanes of at least 4 members (excludes halogenated alkanes) is 3. The number of aliphatic carboxylic acids is 1. The van der Waals surface area contributed by atoms with Gasteiger partial charge in [0.05, 0.1) is 5.56 Å². The maximum absolute atomic E-state index is 15.3. The number of alkyl halides is 3. The van der Waals surface area contributed by atoms with Crippen LogP contribution in [0, 0.1) is 12.7 Å². The number of Topliss-reactive ketones (excluding diaryl/α,β-unsaturated/α-hetero) is 1. The summed E-state index contributed by atoms with van der Waals surface area (Å²) in [6.45, 7) is 3.93. The van der Waals surface area contributed by atoms with E-state index < -0.39 is 29.6 Å². The minimum absolute atomic E-state index is 0.0204. The van der Waals surface area contributed by atoms with Gasteiger partial charge in [0.25, 0.3) is 0 Å². The molecule has 0 saturated heterocycles. The van der Waals surface area contributed by atoms with E-state index in [-0.39, 0.29) is 30.6 Å². The third-order valence-corrected chi connectivity index (χ3v) is 6.78. The smallest absolute Gasteiger partial charge is 0.416 e. The third-order valence-electron chi connectivity index (χ3n) is 6.78. The standard InChI is InChI=1S/C32H34F4O4/c1-3-4-5-6-9-30(27-17-13-23(20-28(27)33)29(37)8-7-10-31(38)39)40-25-16-18-26(21(2)19-25)22-11-14-24(15-12-22)32(34,35)36/h11-20,30H,3-10H2,1-2H3,(H,38,39). The van der Waals surface area contributed by atoms with Crippen molar-refractivity contribution in [3.05, 3.63) is 88.7 Å². The molecule has 3 rings (SSSR count). The molecule has 0 spiro atoms. The Balaban J connectivity index is 1.80. The van der Waals surface area contributed by atoms with Crippen molar-refractivity contribution in [1.29, 1.82) is 0 Å². The molecule has 3 aromatic rings. The molecule has 0 amide bonds. The van der Waals surface area contributed by atoms with Crippen LogP contribution in [0.2, 0.25) is 0 Å². The SMILES string of the molecule is CCCCCCC(Oc1ccc(-c2ccc(C(F)(F)F)cc2)c(C)c1)c1ccc(C(=O)CCCC(=O)O)cc1F. The highest BCUT2D eigenvalue weighted by Crippen LogP contribution is 2.35. The molecule has 0 heterocycles. The molecule has 3 aromatic carbocycles. The Morgan fingerprint density at radius 2 is 1.62 bits per heavy atom. The van der Waals surface area contributed by atoms with Crippen LogP contribution in [0.4, 0.5) is 17.6 Å². The number of carboxylic acids is 1. The number of hydrogen-bond donors (Lipinski definition) is 1. The summed E-state index contributed by atoms with van der Waals surface area (Å²) in [6.07, 6.45) is -0.513. The highest BCUT2D eigenvalue weighted by atomic mass is 19.4. The fourth-order valence-electron chi connectivity index (χ4n) is 4.58. The zero-order valence-corrected chi connectivity index (χ0v) is 22.7. The Kier molecular flexibility index (Phi) is 10.9. The first-order chi connectivity index (χ1) is 19.0. The van der Waals surface area contributed by atoms with E-state index in [9.17, 15) is 22.8 Å². The number of ether oxygens (including phenoxy) is 1. The average Bonchev–Trinajstić information content (AvgIpc) is 2.90. The van der Waals surface area contributed by atoms with Gasteiger partial charge in [-0.15, -0.1) is 0 Å². The summed E-state index contributed by atoms with van der Waals surface area (Å²) in [5, 5.41) is 8.77. The highest BCUT2D eigenvalue weighted by Gasteiger charge is 2.30. The predicted octanol–water partition coefficient (Wildman–Crippen LogP) is 9.35. The van der Waals surface area contributed by atoms with Crippen LogP contribution in [0.15, 0.2) is 60.7 Å². The Hall–Kier alpha value is -3.68. The molecule has 0 aliphatic rings. The third kappa shape index (κ3) is 8.66. The zero-order valence-electron chi connectivity index (χ0n) is 22.7. The fraction of sp³-hybridized carbons (Fsp3) is 0.375. The lowest BCUT2D eigenvalue weighted by atomic mass is 9.97. The van der Waals surface area contributed by atoms with Gasteiger partial charge in [-0.25, -0.2) is 4.39 Å². The van der Waals surface area contributed by atoms with E-state index >= 15 is 4.39 Å². The Morgan fingerprint density at radius 1 is 0.900 bits per heavy atom. The molecule has 1 atom stereocenters. The molecule has 40 heavy (non-hydrogen) atoms. The number of ketones is 1. The number of carboxylic acid groups (broad SMARTS) is 1. The molecule has 0 saturated carbocycles. The van der Waals surface area contributed by atoms with Gasteiger partial charge in [-0.3, -0.25) is 9.59 Å². The molecule has 0 fully saturated rings. The molecule has 0 aliphatic heterocycles. The van der Waals surface area contributed by atoms with Crippen LogP contribution in [0.25, 0.3) is 11.1 Å². The van der Waals surface area contributed by atoms with Crippen LogP contribution in [0.5, 0.6) is 5.75 Å². The van der Waals surface area contributed by atoms with Crippen LogP contribution < -0.4 is 4.74 Å². The largest absolute Gasteiger partial charge is 0.486 e. The molecule has 0 aliphatic carbocycles. The van der Waals surface area contributed by atoms with E-state index in [4.69, 9.17) is 9.84 Å². The maximum Gasteiger partial charge on any atom is 0.416 e. The van der Waals surface area contributed by atoms with Crippen molar-refractivity contribution < 1.29 is 37.0 Å². The summed E-state index contributed by atoms with van der Waals surface area (Å²) >= 11 is 0. The first kappa shape index (κ1) is 30.9. The maximum atomic E-state index is 15.3.